The van der Waals surface area contributed by atoms with Gasteiger partial charge in [0, 0.05) is 11.8 Å². The summed E-state index contributed by atoms with van der Waals surface area (Å²) in [6.45, 7) is 13.1. The van der Waals surface area contributed by atoms with Crippen molar-refractivity contribution in [2.45, 2.75) is 59.0 Å². The van der Waals surface area contributed by atoms with E-state index in [-0.39, 0.29) is 11.6 Å². The zero-order valence-electron chi connectivity index (χ0n) is 16.1. The van der Waals surface area contributed by atoms with Crippen LogP contribution in [0.25, 0.3) is 0 Å². The van der Waals surface area contributed by atoms with Crippen molar-refractivity contribution in [3.8, 4) is 11.6 Å². The lowest BCUT2D eigenvalue weighted by Gasteiger charge is -2.37. The van der Waals surface area contributed by atoms with Crippen molar-refractivity contribution in [2.24, 2.45) is 0 Å². The zero-order valence-corrected chi connectivity index (χ0v) is 17.1. The van der Waals surface area contributed by atoms with Crippen molar-refractivity contribution in [2.75, 3.05) is 0 Å². The van der Waals surface area contributed by atoms with E-state index in [0.717, 1.165) is 11.3 Å². The van der Waals surface area contributed by atoms with E-state index in [2.05, 4.69) is 38.8 Å². The van der Waals surface area contributed by atoms with Gasteiger partial charge in [0.2, 0.25) is 14.2 Å². The minimum Gasteiger partial charge on any atom is -0.543 e. The van der Waals surface area contributed by atoms with Crippen molar-refractivity contribution in [1.29, 1.82) is 0 Å². The number of nitrogens with zero attached hydrogens (tertiary/aromatic N) is 1. The van der Waals surface area contributed by atoms with E-state index in [4.69, 9.17) is 9.16 Å². The lowest BCUT2D eigenvalue weighted by molar-refractivity contribution is 0.248. The lowest BCUT2D eigenvalue weighted by Crippen LogP contribution is -2.44. The summed E-state index contributed by atoms with van der Waals surface area (Å²) in [5.74, 6) is 1.13. The summed E-state index contributed by atoms with van der Waals surface area (Å²) in [4.78, 5) is 4.47. The third kappa shape index (κ3) is 4.83. The molecule has 1 heterocycles. The second-order valence-corrected chi connectivity index (χ2v) is 12.6. The molecule has 1 aromatic heterocycles. The van der Waals surface area contributed by atoms with Crippen LogP contribution >= 0.6 is 0 Å². The number of hydrogen-bond donors (Lipinski definition) is 1. The first kappa shape index (κ1) is 19.5. The van der Waals surface area contributed by atoms with E-state index in [0.29, 0.717) is 23.8 Å². The Morgan fingerprint density at radius 3 is 2.32 bits per heavy atom. The van der Waals surface area contributed by atoms with Crippen molar-refractivity contribution in [3.05, 3.63) is 53.2 Å². The molecule has 0 saturated carbocycles. The smallest absolute Gasteiger partial charge is 0.250 e. The van der Waals surface area contributed by atoms with E-state index in [1.807, 2.05) is 43.3 Å². The number of pyridine rings is 1. The van der Waals surface area contributed by atoms with Crippen LogP contribution < -0.4 is 9.16 Å². The molecule has 0 unspecified atom stereocenters. The summed E-state index contributed by atoms with van der Waals surface area (Å²) in [6.07, 6.45) is 0. The molecule has 4 nitrogen and oxygen atoms in total. The maximum Gasteiger partial charge on any atom is 0.250 e. The average molecular weight is 360 g/mol. The van der Waals surface area contributed by atoms with Crippen LogP contribution in [-0.4, -0.2) is 18.4 Å². The van der Waals surface area contributed by atoms with Gasteiger partial charge in [0.05, 0.1) is 12.2 Å². The Hall–Kier alpha value is -1.85. The molecule has 0 aliphatic carbocycles. The van der Waals surface area contributed by atoms with Crippen molar-refractivity contribution in [3.63, 3.8) is 0 Å². The first-order valence-corrected chi connectivity index (χ1v) is 11.5. The summed E-state index contributed by atoms with van der Waals surface area (Å²) >= 11 is 0. The number of ether oxygens (including phenoxy) is 1. The summed E-state index contributed by atoms with van der Waals surface area (Å²) < 4.78 is 12.3. The van der Waals surface area contributed by atoms with Crippen LogP contribution in [0.3, 0.4) is 0 Å². The molecule has 1 aromatic carbocycles. The number of hydrogen-bond acceptors (Lipinski definition) is 4. The molecule has 0 aliphatic heterocycles. The summed E-state index contributed by atoms with van der Waals surface area (Å²) in [6, 6.07) is 11.8. The molecule has 2 rings (SSSR count). The molecular weight excluding hydrogens is 330 g/mol. The fourth-order valence-electron chi connectivity index (χ4n) is 2.15. The van der Waals surface area contributed by atoms with Crippen LogP contribution in [0.5, 0.6) is 11.6 Å². The fraction of sp³-hybridized carbons (Fsp3) is 0.450. The molecule has 5 heteroatoms. The van der Waals surface area contributed by atoms with Gasteiger partial charge in [-0.3, -0.25) is 0 Å². The standard InChI is InChI=1S/C20H29NO3Si/c1-15-12-18(24-25(5,6)20(2,3)4)17(13-22)19(21-15)23-14-16-10-8-7-9-11-16/h7-12,22H,13-14H2,1-6H3. The highest BCUT2D eigenvalue weighted by Gasteiger charge is 2.39. The number of benzene rings is 1. The van der Waals surface area contributed by atoms with Gasteiger partial charge in [0.1, 0.15) is 12.4 Å². The fourth-order valence-corrected chi connectivity index (χ4v) is 3.19. The summed E-state index contributed by atoms with van der Waals surface area (Å²) in [5, 5.41) is 9.97. The Morgan fingerprint density at radius 2 is 1.76 bits per heavy atom. The van der Waals surface area contributed by atoms with E-state index >= 15 is 0 Å². The van der Waals surface area contributed by atoms with Gasteiger partial charge in [-0.1, -0.05) is 51.1 Å². The summed E-state index contributed by atoms with van der Waals surface area (Å²) in [5.41, 5.74) is 2.49. The minimum absolute atomic E-state index is 0.0714. The Balaban J connectivity index is 2.31. The minimum atomic E-state index is -2.02. The molecule has 136 valence electrons. The summed E-state index contributed by atoms with van der Waals surface area (Å²) in [7, 11) is -2.02. The van der Waals surface area contributed by atoms with Crippen LogP contribution in [0.4, 0.5) is 0 Å². The Labute approximate surface area is 152 Å². The van der Waals surface area contributed by atoms with E-state index in [1.54, 1.807) is 0 Å². The van der Waals surface area contributed by atoms with E-state index in [1.165, 1.54) is 0 Å². The van der Waals surface area contributed by atoms with Crippen molar-refractivity contribution < 1.29 is 14.3 Å². The first-order valence-electron chi connectivity index (χ1n) is 8.61. The second kappa shape index (κ2) is 7.58. The van der Waals surface area contributed by atoms with E-state index in [9.17, 15) is 5.11 Å². The van der Waals surface area contributed by atoms with Crippen LogP contribution in [0, 0.1) is 6.92 Å². The number of aromatic nitrogens is 1. The molecule has 0 amide bonds. The highest BCUT2D eigenvalue weighted by molar-refractivity contribution is 6.74. The second-order valence-electron chi connectivity index (χ2n) is 7.84. The van der Waals surface area contributed by atoms with Gasteiger partial charge in [0.25, 0.3) is 0 Å². The van der Waals surface area contributed by atoms with Crippen molar-refractivity contribution in [1.82, 2.24) is 4.98 Å². The average Bonchev–Trinajstić information content (AvgIpc) is 2.52. The van der Waals surface area contributed by atoms with Crippen LogP contribution in [0.15, 0.2) is 36.4 Å². The maximum atomic E-state index is 9.90. The molecule has 0 aliphatic rings. The molecule has 0 fully saturated rings. The van der Waals surface area contributed by atoms with Gasteiger partial charge >= 0.3 is 0 Å². The highest BCUT2D eigenvalue weighted by atomic mass is 28.4. The van der Waals surface area contributed by atoms with Gasteiger partial charge in [-0.2, -0.15) is 0 Å². The van der Waals surface area contributed by atoms with Crippen molar-refractivity contribution >= 4 is 8.32 Å². The van der Waals surface area contributed by atoms with Crippen LogP contribution in [-0.2, 0) is 13.2 Å². The Morgan fingerprint density at radius 1 is 1.12 bits per heavy atom. The Kier molecular flexibility index (Phi) is 5.90. The normalized spacial score (nSPS) is 12.1. The molecule has 0 radical (unpaired) electrons. The molecule has 0 spiro atoms. The van der Waals surface area contributed by atoms with Gasteiger partial charge in [-0.25, -0.2) is 4.98 Å². The maximum absolute atomic E-state index is 9.90. The topological polar surface area (TPSA) is 51.6 Å². The molecule has 0 bridgehead atoms. The Bertz CT molecular complexity index is 709. The third-order valence-electron chi connectivity index (χ3n) is 4.72. The predicted octanol–water partition coefficient (Wildman–Crippen LogP) is 4.85. The van der Waals surface area contributed by atoms with Gasteiger partial charge in [0.15, 0.2) is 0 Å². The van der Waals surface area contributed by atoms with Crippen LogP contribution in [0.2, 0.25) is 18.1 Å². The SMILES string of the molecule is Cc1cc(O[Si](C)(C)C(C)(C)C)c(CO)c(OCc2ccccc2)n1. The highest BCUT2D eigenvalue weighted by Crippen LogP contribution is 2.39. The van der Waals surface area contributed by atoms with E-state index < -0.39 is 8.32 Å². The molecule has 25 heavy (non-hydrogen) atoms. The lowest BCUT2D eigenvalue weighted by atomic mass is 10.2. The largest absolute Gasteiger partial charge is 0.543 e. The third-order valence-corrected chi connectivity index (χ3v) is 9.06. The number of aryl methyl sites for hydroxylation is 1. The molecule has 1 N–H and O–H groups in total. The molecule has 0 saturated heterocycles. The number of aliphatic hydroxyl groups excluding tert-OH is 1. The number of rotatable bonds is 6. The molecule has 0 atom stereocenters. The van der Waals surface area contributed by atoms with Crippen LogP contribution in [0.1, 0.15) is 37.6 Å². The molecule has 2 aromatic rings. The van der Waals surface area contributed by atoms with Gasteiger partial charge in [-0.15, -0.1) is 0 Å². The zero-order chi connectivity index (χ0) is 18.7. The predicted molar refractivity (Wildman–Crippen MR) is 103 cm³/mol. The van der Waals surface area contributed by atoms with Gasteiger partial charge < -0.3 is 14.3 Å². The molecular formula is C20H29NO3Si. The number of aliphatic hydroxyl groups is 1. The monoisotopic (exact) mass is 359 g/mol. The van der Waals surface area contributed by atoms with Gasteiger partial charge in [-0.05, 0) is 30.6 Å². The first-order chi connectivity index (χ1) is 11.6. The quantitative estimate of drug-likeness (QED) is 0.750.